The summed E-state index contributed by atoms with van der Waals surface area (Å²) in [5.74, 6) is 1.90. The minimum Gasteiger partial charge on any atom is -0.497 e. The maximum Gasteiger partial charge on any atom is 0.264 e. The number of hydrogen-bond donors (Lipinski definition) is 1. The van der Waals surface area contributed by atoms with Crippen molar-refractivity contribution in [1.29, 1.82) is 0 Å². The van der Waals surface area contributed by atoms with Crippen molar-refractivity contribution in [2.45, 2.75) is 13.8 Å². The van der Waals surface area contributed by atoms with Crippen molar-refractivity contribution in [2.24, 2.45) is 4.99 Å². The number of benzene rings is 2. The van der Waals surface area contributed by atoms with E-state index in [0.717, 1.165) is 21.5 Å². The number of nitrogens with one attached hydrogen (secondary N) is 1. The maximum atomic E-state index is 12.4. The molecule has 152 valence electrons. The maximum absolute atomic E-state index is 12.4. The molecule has 0 radical (unpaired) electrons. The summed E-state index contributed by atoms with van der Waals surface area (Å²) in [5, 5.41) is 3.32. The number of carbonyl (C=O) groups excluding carboxylic acids is 1. The van der Waals surface area contributed by atoms with E-state index in [2.05, 4.69) is 26.2 Å². The zero-order chi connectivity index (χ0) is 20.8. The summed E-state index contributed by atoms with van der Waals surface area (Å²) in [4.78, 5) is 17.4. The van der Waals surface area contributed by atoms with Crippen LogP contribution in [0.2, 0.25) is 0 Å². The number of amides is 1. The fourth-order valence-corrected chi connectivity index (χ4v) is 3.91. The molecule has 1 aliphatic rings. The highest BCUT2D eigenvalue weighted by Gasteiger charge is 2.24. The van der Waals surface area contributed by atoms with E-state index >= 15 is 0 Å². The summed E-state index contributed by atoms with van der Waals surface area (Å²) in [5.41, 5.74) is 1.51. The Labute approximate surface area is 182 Å². The van der Waals surface area contributed by atoms with Crippen LogP contribution in [0.1, 0.15) is 19.4 Å². The normalized spacial score (nSPS) is 16.2. The second-order valence-corrected chi connectivity index (χ2v) is 7.75. The lowest BCUT2D eigenvalue weighted by atomic mass is 10.1. The summed E-state index contributed by atoms with van der Waals surface area (Å²) >= 11 is 4.80. The van der Waals surface area contributed by atoms with Gasteiger partial charge in [-0.25, -0.2) is 4.99 Å². The molecule has 6 nitrogen and oxygen atoms in total. The predicted octanol–water partition coefficient (Wildman–Crippen LogP) is 5.15. The average molecular weight is 477 g/mol. The summed E-state index contributed by atoms with van der Waals surface area (Å²) < 4.78 is 17.3. The minimum absolute atomic E-state index is 0.199. The summed E-state index contributed by atoms with van der Waals surface area (Å²) in [6, 6.07) is 11.0. The molecular weight excluding hydrogens is 456 g/mol. The molecule has 8 heteroatoms. The minimum atomic E-state index is -0.199. The molecule has 0 spiro atoms. The van der Waals surface area contributed by atoms with E-state index in [9.17, 15) is 4.79 Å². The molecule has 1 aliphatic heterocycles. The van der Waals surface area contributed by atoms with Crippen molar-refractivity contribution in [1.82, 2.24) is 5.32 Å². The molecule has 0 unspecified atom stereocenters. The number of thioether (sulfide) groups is 1. The standard InChI is InChI=1S/C21H21BrN2O4S/c1-4-27-17-12-18(28-5-2)16(22)10-13(17)11-19-20(25)24-21(29-19)23-14-6-8-15(26-3)9-7-14/h6-12H,4-5H2,1-3H3,(H,23,24,25)/b19-11+. The van der Waals surface area contributed by atoms with Gasteiger partial charge in [-0.2, -0.15) is 0 Å². The van der Waals surface area contributed by atoms with E-state index in [1.165, 1.54) is 11.8 Å². The van der Waals surface area contributed by atoms with E-state index in [1.54, 1.807) is 13.2 Å². The van der Waals surface area contributed by atoms with E-state index in [-0.39, 0.29) is 5.91 Å². The van der Waals surface area contributed by atoms with E-state index in [1.807, 2.05) is 50.2 Å². The number of rotatable bonds is 7. The monoisotopic (exact) mass is 476 g/mol. The van der Waals surface area contributed by atoms with Crippen molar-refractivity contribution >= 4 is 50.5 Å². The first-order valence-electron chi connectivity index (χ1n) is 9.06. The largest absolute Gasteiger partial charge is 0.497 e. The van der Waals surface area contributed by atoms with Crippen LogP contribution in [0.15, 0.2) is 50.8 Å². The molecule has 1 saturated heterocycles. The Bertz CT molecular complexity index is 958. The highest BCUT2D eigenvalue weighted by Crippen LogP contribution is 2.36. The lowest BCUT2D eigenvalue weighted by Crippen LogP contribution is -2.19. The van der Waals surface area contributed by atoms with Gasteiger partial charge in [0.2, 0.25) is 0 Å². The van der Waals surface area contributed by atoms with Crippen LogP contribution in [0.4, 0.5) is 5.69 Å². The molecular formula is C21H21BrN2O4S. The predicted molar refractivity (Wildman–Crippen MR) is 120 cm³/mol. The smallest absolute Gasteiger partial charge is 0.264 e. The van der Waals surface area contributed by atoms with Gasteiger partial charge < -0.3 is 19.5 Å². The van der Waals surface area contributed by atoms with Gasteiger partial charge >= 0.3 is 0 Å². The molecule has 0 aromatic heterocycles. The Hall–Kier alpha value is -2.45. The van der Waals surface area contributed by atoms with Gasteiger partial charge in [0, 0.05) is 11.6 Å². The Kier molecular flexibility index (Phi) is 7.22. The van der Waals surface area contributed by atoms with Crippen LogP contribution in [-0.2, 0) is 4.79 Å². The molecule has 0 bridgehead atoms. The first-order valence-corrected chi connectivity index (χ1v) is 10.7. The Morgan fingerprint density at radius 2 is 1.79 bits per heavy atom. The molecule has 0 aliphatic carbocycles. The summed E-state index contributed by atoms with van der Waals surface area (Å²) in [6.07, 6.45) is 1.79. The van der Waals surface area contributed by atoms with Crippen LogP contribution >= 0.6 is 27.7 Å². The zero-order valence-corrected chi connectivity index (χ0v) is 18.7. The van der Waals surface area contributed by atoms with Crippen molar-refractivity contribution < 1.29 is 19.0 Å². The van der Waals surface area contributed by atoms with Gasteiger partial charge in [-0.1, -0.05) is 0 Å². The van der Waals surface area contributed by atoms with Crippen LogP contribution in [0.3, 0.4) is 0 Å². The lowest BCUT2D eigenvalue weighted by Gasteiger charge is -2.12. The van der Waals surface area contributed by atoms with Gasteiger partial charge in [0.05, 0.1) is 35.4 Å². The third-order valence-electron chi connectivity index (χ3n) is 3.90. The zero-order valence-electron chi connectivity index (χ0n) is 16.3. The SMILES string of the molecule is CCOc1cc(OCC)c(/C=C2/SC(=Nc3ccc(OC)cc3)NC2=O)cc1Br. The highest BCUT2D eigenvalue weighted by atomic mass is 79.9. The molecule has 1 amide bonds. The van der Waals surface area contributed by atoms with Crippen molar-refractivity contribution in [3.05, 3.63) is 51.3 Å². The Balaban J connectivity index is 1.87. The van der Waals surface area contributed by atoms with Gasteiger partial charge in [-0.15, -0.1) is 0 Å². The molecule has 2 aromatic rings. The molecule has 1 N–H and O–H groups in total. The van der Waals surface area contributed by atoms with Crippen LogP contribution in [0.5, 0.6) is 17.2 Å². The molecule has 1 fully saturated rings. The number of methoxy groups -OCH3 is 1. The van der Waals surface area contributed by atoms with Gasteiger partial charge in [0.15, 0.2) is 5.17 Å². The van der Waals surface area contributed by atoms with Crippen LogP contribution in [0.25, 0.3) is 6.08 Å². The second-order valence-electron chi connectivity index (χ2n) is 5.87. The third-order valence-corrected chi connectivity index (χ3v) is 5.43. The quantitative estimate of drug-likeness (QED) is 0.559. The van der Waals surface area contributed by atoms with Gasteiger partial charge in [0.1, 0.15) is 17.2 Å². The number of carbonyl (C=O) groups is 1. The molecule has 1 heterocycles. The van der Waals surface area contributed by atoms with Crippen LogP contribution in [-0.4, -0.2) is 31.4 Å². The molecule has 0 saturated carbocycles. The molecule has 29 heavy (non-hydrogen) atoms. The van der Waals surface area contributed by atoms with E-state index in [0.29, 0.717) is 34.8 Å². The number of nitrogens with zero attached hydrogens (tertiary/aromatic N) is 1. The van der Waals surface area contributed by atoms with Gasteiger partial charge in [-0.05, 0) is 77.9 Å². The second kappa shape index (κ2) is 9.84. The Morgan fingerprint density at radius 1 is 1.10 bits per heavy atom. The van der Waals surface area contributed by atoms with E-state index in [4.69, 9.17) is 14.2 Å². The van der Waals surface area contributed by atoms with Crippen molar-refractivity contribution in [3.63, 3.8) is 0 Å². The fourth-order valence-electron chi connectivity index (χ4n) is 2.61. The highest BCUT2D eigenvalue weighted by molar-refractivity contribution is 9.10. The molecule has 0 atom stereocenters. The molecule has 3 rings (SSSR count). The number of amidine groups is 1. The molecule has 2 aromatic carbocycles. The fraction of sp³-hybridized carbons (Fsp3) is 0.238. The summed E-state index contributed by atoms with van der Waals surface area (Å²) in [7, 11) is 1.61. The van der Waals surface area contributed by atoms with E-state index < -0.39 is 0 Å². The topological polar surface area (TPSA) is 69.2 Å². The number of halogens is 1. The van der Waals surface area contributed by atoms with Gasteiger partial charge in [0.25, 0.3) is 5.91 Å². The van der Waals surface area contributed by atoms with Gasteiger partial charge in [-0.3, -0.25) is 4.79 Å². The lowest BCUT2D eigenvalue weighted by molar-refractivity contribution is -0.115. The third kappa shape index (κ3) is 5.33. The van der Waals surface area contributed by atoms with Crippen molar-refractivity contribution in [2.75, 3.05) is 20.3 Å². The average Bonchev–Trinajstić information content (AvgIpc) is 3.05. The van der Waals surface area contributed by atoms with Crippen LogP contribution in [0, 0.1) is 0 Å². The van der Waals surface area contributed by atoms with Crippen molar-refractivity contribution in [3.8, 4) is 17.2 Å². The first-order chi connectivity index (χ1) is 14.0. The number of aliphatic imine (C=N–C) groups is 1. The van der Waals surface area contributed by atoms with Crippen LogP contribution < -0.4 is 19.5 Å². The summed E-state index contributed by atoms with van der Waals surface area (Å²) in [6.45, 7) is 4.89. The number of hydrogen-bond acceptors (Lipinski definition) is 6. The Morgan fingerprint density at radius 3 is 2.45 bits per heavy atom. The number of ether oxygens (including phenoxy) is 3. The first kappa shape index (κ1) is 21.3.